The van der Waals surface area contributed by atoms with Crippen molar-refractivity contribution < 1.29 is 0 Å². The molecule has 0 saturated heterocycles. The van der Waals surface area contributed by atoms with Crippen LogP contribution in [0.1, 0.15) is 22.3 Å². The van der Waals surface area contributed by atoms with Gasteiger partial charge < -0.3 is 9.47 Å². The minimum absolute atomic E-state index is 0.454. The van der Waals surface area contributed by atoms with Gasteiger partial charge in [0.15, 0.2) is 0 Å². The summed E-state index contributed by atoms with van der Waals surface area (Å²) >= 11 is 0. The van der Waals surface area contributed by atoms with E-state index in [2.05, 4.69) is 252 Å². The molecule has 0 radical (unpaired) electrons. The van der Waals surface area contributed by atoms with Crippen molar-refractivity contribution in [1.29, 1.82) is 0 Å². The summed E-state index contributed by atoms with van der Waals surface area (Å²) in [7, 11) is 0. The number of para-hydroxylation sites is 4. The lowest BCUT2D eigenvalue weighted by molar-refractivity contribution is 0.748. The highest BCUT2D eigenvalue weighted by Gasteiger charge is 2.50. The highest BCUT2D eigenvalue weighted by atomic mass is 15.1. The molecule has 11 aromatic rings. The van der Waals surface area contributed by atoms with Crippen molar-refractivity contribution in [2.75, 3.05) is 4.90 Å². The molecule has 1 aliphatic heterocycles. The van der Waals surface area contributed by atoms with Crippen LogP contribution in [0.5, 0.6) is 0 Å². The molecule has 2 heterocycles. The number of fused-ring (bicyclic) bond motifs is 12. The summed E-state index contributed by atoms with van der Waals surface area (Å²) in [5, 5.41) is 2.47. The number of hydrogen-bond donors (Lipinski definition) is 0. The van der Waals surface area contributed by atoms with Gasteiger partial charge in [0.2, 0.25) is 0 Å². The predicted octanol–water partition coefficient (Wildman–Crippen LogP) is 15.9. The maximum atomic E-state index is 2.54. The molecule has 2 aliphatic rings. The first-order valence-electron chi connectivity index (χ1n) is 21.9. The maximum absolute atomic E-state index is 2.54. The molecule has 0 saturated carbocycles. The van der Waals surface area contributed by atoms with E-state index in [9.17, 15) is 0 Å². The van der Waals surface area contributed by atoms with Crippen LogP contribution in [0.3, 0.4) is 0 Å². The van der Waals surface area contributed by atoms with Crippen LogP contribution in [-0.2, 0) is 5.41 Å². The standard InChI is InChI=1S/C61H40N2/c1-3-19-41(20-4-1)43-23-17-24-44(39-43)47-26-10-15-35-57(47)62(56-34-14-9-25-46(56)42-21-5-2-6-22-42)45-37-38-58-51(40-45)50-29-18-33-55-60(50)63(58)59-36-16-13-32-54(59)61(55)52-30-11-7-27-48(52)49-28-8-12-31-53(49)61/h1-40H. The fraction of sp³-hybridized carbons (Fsp3) is 0.0164. The second-order valence-corrected chi connectivity index (χ2v) is 16.8. The van der Waals surface area contributed by atoms with E-state index in [4.69, 9.17) is 0 Å². The second-order valence-electron chi connectivity index (χ2n) is 16.8. The molecule has 1 spiro atoms. The van der Waals surface area contributed by atoms with E-state index in [-0.39, 0.29) is 0 Å². The first-order chi connectivity index (χ1) is 31.3. The van der Waals surface area contributed by atoms with Crippen molar-refractivity contribution in [3.8, 4) is 50.2 Å². The summed E-state index contributed by atoms with van der Waals surface area (Å²) in [5.41, 5.74) is 21.6. The van der Waals surface area contributed by atoms with Crippen molar-refractivity contribution in [2.45, 2.75) is 5.41 Å². The van der Waals surface area contributed by atoms with Crippen molar-refractivity contribution in [3.63, 3.8) is 0 Å². The van der Waals surface area contributed by atoms with Crippen LogP contribution in [0.25, 0.3) is 72.0 Å². The third-order valence-corrected chi connectivity index (χ3v) is 13.6. The summed E-state index contributed by atoms with van der Waals surface area (Å²) in [6, 6.07) is 89.5. The minimum Gasteiger partial charge on any atom is -0.309 e. The molecule has 13 rings (SSSR count). The van der Waals surface area contributed by atoms with Crippen LogP contribution >= 0.6 is 0 Å². The molecule has 0 N–H and O–H groups in total. The molecular weight excluding hydrogens is 761 g/mol. The van der Waals surface area contributed by atoms with Crippen molar-refractivity contribution in [2.24, 2.45) is 0 Å². The van der Waals surface area contributed by atoms with Crippen LogP contribution < -0.4 is 4.90 Å². The van der Waals surface area contributed by atoms with Gasteiger partial charge in [0, 0.05) is 27.6 Å². The van der Waals surface area contributed by atoms with E-state index in [1.54, 1.807) is 0 Å². The van der Waals surface area contributed by atoms with Crippen molar-refractivity contribution in [3.05, 3.63) is 265 Å². The number of aromatic nitrogens is 1. The fourth-order valence-electron chi connectivity index (χ4n) is 11.0. The average Bonchev–Trinajstić information content (AvgIpc) is 3.85. The molecule has 0 fully saturated rings. The lowest BCUT2D eigenvalue weighted by Gasteiger charge is -2.39. The minimum atomic E-state index is -0.454. The Morgan fingerprint density at radius 3 is 1.52 bits per heavy atom. The van der Waals surface area contributed by atoms with Crippen LogP contribution in [-0.4, -0.2) is 4.57 Å². The molecule has 2 heteroatoms. The zero-order chi connectivity index (χ0) is 41.5. The average molecular weight is 801 g/mol. The van der Waals surface area contributed by atoms with E-state index >= 15 is 0 Å². The van der Waals surface area contributed by atoms with Gasteiger partial charge in [-0.05, 0) is 98.1 Å². The first-order valence-corrected chi connectivity index (χ1v) is 21.9. The molecule has 0 unspecified atom stereocenters. The van der Waals surface area contributed by atoms with Gasteiger partial charge >= 0.3 is 0 Å². The van der Waals surface area contributed by atoms with Gasteiger partial charge in [0.1, 0.15) is 0 Å². The van der Waals surface area contributed by atoms with Crippen LogP contribution in [0, 0.1) is 0 Å². The third-order valence-electron chi connectivity index (χ3n) is 13.6. The van der Waals surface area contributed by atoms with Gasteiger partial charge in [-0.15, -0.1) is 0 Å². The highest BCUT2D eigenvalue weighted by Crippen LogP contribution is 2.61. The van der Waals surface area contributed by atoms with Crippen molar-refractivity contribution >= 4 is 38.9 Å². The van der Waals surface area contributed by atoms with Gasteiger partial charge in [-0.1, -0.05) is 200 Å². The Hall–Kier alpha value is -8.20. The van der Waals surface area contributed by atoms with E-state index in [1.807, 2.05) is 0 Å². The predicted molar refractivity (Wildman–Crippen MR) is 263 cm³/mol. The van der Waals surface area contributed by atoms with Crippen LogP contribution in [0.4, 0.5) is 17.1 Å². The smallest absolute Gasteiger partial charge is 0.0754 e. The Bertz CT molecular complexity index is 3530. The second kappa shape index (κ2) is 13.9. The molecule has 1 aliphatic carbocycles. The van der Waals surface area contributed by atoms with Gasteiger partial charge in [-0.25, -0.2) is 0 Å². The van der Waals surface area contributed by atoms with E-state index in [0.717, 1.165) is 22.6 Å². The molecule has 294 valence electrons. The van der Waals surface area contributed by atoms with E-state index in [0.29, 0.717) is 0 Å². The van der Waals surface area contributed by atoms with E-state index < -0.39 is 5.41 Å². The molecule has 0 amide bonds. The van der Waals surface area contributed by atoms with Gasteiger partial charge in [0.05, 0.1) is 33.5 Å². The van der Waals surface area contributed by atoms with Gasteiger partial charge in [-0.3, -0.25) is 0 Å². The summed E-state index contributed by atoms with van der Waals surface area (Å²) in [6.45, 7) is 0. The first kappa shape index (κ1) is 35.5. The third kappa shape index (κ3) is 5.13. The Morgan fingerprint density at radius 2 is 0.825 bits per heavy atom. The van der Waals surface area contributed by atoms with Gasteiger partial charge in [-0.2, -0.15) is 0 Å². The molecule has 1 aromatic heterocycles. The lowest BCUT2D eigenvalue weighted by atomic mass is 9.65. The Kier molecular flexibility index (Phi) is 7.85. The largest absolute Gasteiger partial charge is 0.309 e. The summed E-state index contributed by atoms with van der Waals surface area (Å²) in [5.74, 6) is 0. The topological polar surface area (TPSA) is 8.17 Å². The number of hydrogen-bond acceptors (Lipinski definition) is 1. The SMILES string of the molecule is c1ccc(-c2cccc(-c3ccccc3N(c3ccc4c(c3)c3cccc5c3n4-c3ccccc3C53c4ccccc4-c4ccccc43)c3ccccc3-c3ccccc3)c2)cc1. The summed E-state index contributed by atoms with van der Waals surface area (Å²) in [6.07, 6.45) is 0. The number of anilines is 3. The molecule has 63 heavy (non-hydrogen) atoms. The monoisotopic (exact) mass is 800 g/mol. The Labute approximate surface area is 367 Å². The zero-order valence-electron chi connectivity index (χ0n) is 34.5. The zero-order valence-corrected chi connectivity index (χ0v) is 34.5. The van der Waals surface area contributed by atoms with Crippen LogP contribution in [0.15, 0.2) is 243 Å². The Morgan fingerprint density at radius 1 is 0.317 bits per heavy atom. The summed E-state index contributed by atoms with van der Waals surface area (Å²) in [4.78, 5) is 2.48. The highest BCUT2D eigenvalue weighted by molar-refractivity contribution is 6.14. The van der Waals surface area contributed by atoms with Crippen LogP contribution in [0.2, 0.25) is 0 Å². The van der Waals surface area contributed by atoms with Crippen molar-refractivity contribution in [1.82, 2.24) is 4.57 Å². The van der Waals surface area contributed by atoms with Gasteiger partial charge in [0.25, 0.3) is 0 Å². The van der Waals surface area contributed by atoms with E-state index in [1.165, 1.54) is 88.7 Å². The maximum Gasteiger partial charge on any atom is 0.0754 e. The number of nitrogens with zero attached hydrogens (tertiary/aromatic N) is 2. The number of benzene rings is 10. The molecule has 0 atom stereocenters. The molecule has 10 aromatic carbocycles. The lowest BCUT2D eigenvalue weighted by Crippen LogP contribution is -2.33. The molecular formula is C61H40N2. The molecule has 0 bridgehead atoms. The fourth-order valence-corrected chi connectivity index (χ4v) is 11.0. The normalized spacial score (nSPS) is 12.9. The Balaban J connectivity index is 1.09. The molecule has 2 nitrogen and oxygen atoms in total. The quantitative estimate of drug-likeness (QED) is 0.163. The summed E-state index contributed by atoms with van der Waals surface area (Å²) < 4.78 is 2.54. The number of rotatable bonds is 6.